The van der Waals surface area contributed by atoms with Crippen LogP contribution in [0.15, 0.2) is 35.2 Å². The highest BCUT2D eigenvalue weighted by Crippen LogP contribution is 2.24. The van der Waals surface area contributed by atoms with Crippen LogP contribution in [0, 0.1) is 24.4 Å². The summed E-state index contributed by atoms with van der Waals surface area (Å²) in [6, 6.07) is 4.75. The molecule has 0 aliphatic carbocycles. The third-order valence-corrected chi connectivity index (χ3v) is 4.16. The molecule has 0 amide bonds. The summed E-state index contributed by atoms with van der Waals surface area (Å²) >= 11 is 0. The lowest BCUT2D eigenvalue weighted by Crippen LogP contribution is -2.15. The minimum Gasteiger partial charge on any atom is -0.398 e. The Balaban J connectivity index is 2.44. The number of hydrogen-bond acceptors (Lipinski definition) is 3. The Morgan fingerprint density at radius 3 is 2.38 bits per heavy atom. The van der Waals surface area contributed by atoms with Gasteiger partial charge >= 0.3 is 0 Å². The first-order valence-corrected chi connectivity index (χ1v) is 7.22. The van der Waals surface area contributed by atoms with Crippen LogP contribution in [0.2, 0.25) is 0 Å². The van der Waals surface area contributed by atoms with Gasteiger partial charge in [-0.05, 0) is 24.6 Å². The molecule has 0 heterocycles. The smallest absolute Gasteiger partial charge is 0.262 e. The number of rotatable bonds is 3. The summed E-state index contributed by atoms with van der Waals surface area (Å²) in [6.45, 7) is 1.68. The Bertz CT molecular complexity index is 807. The van der Waals surface area contributed by atoms with Gasteiger partial charge in [-0.15, -0.1) is 0 Å². The van der Waals surface area contributed by atoms with Crippen LogP contribution in [0.3, 0.4) is 0 Å². The van der Waals surface area contributed by atoms with E-state index in [1.54, 1.807) is 11.6 Å². The van der Waals surface area contributed by atoms with Crippen LogP contribution in [0.5, 0.6) is 0 Å². The van der Waals surface area contributed by atoms with Gasteiger partial charge in [-0.2, -0.15) is 0 Å². The number of nitrogens with two attached hydrogens (primary N) is 1. The van der Waals surface area contributed by atoms with Crippen molar-refractivity contribution in [2.75, 3.05) is 10.5 Å². The van der Waals surface area contributed by atoms with Crippen molar-refractivity contribution in [1.82, 2.24) is 0 Å². The zero-order valence-corrected chi connectivity index (χ0v) is 11.6. The molecular weight excluding hydrogens is 305 g/mol. The van der Waals surface area contributed by atoms with E-state index in [1.165, 1.54) is 18.2 Å². The molecule has 112 valence electrons. The highest BCUT2D eigenvalue weighted by molar-refractivity contribution is 7.92. The van der Waals surface area contributed by atoms with E-state index in [1.807, 2.05) is 0 Å². The Labute approximate surface area is 119 Å². The normalized spacial score (nSPS) is 11.4. The molecule has 0 bridgehead atoms. The van der Waals surface area contributed by atoms with Gasteiger partial charge in [-0.1, -0.05) is 6.07 Å². The summed E-state index contributed by atoms with van der Waals surface area (Å²) in [5.41, 5.74) is 5.68. The molecule has 2 aromatic carbocycles. The first-order chi connectivity index (χ1) is 9.70. The molecule has 0 radical (unpaired) electrons. The molecule has 0 aliphatic heterocycles. The van der Waals surface area contributed by atoms with Crippen molar-refractivity contribution in [2.24, 2.45) is 0 Å². The van der Waals surface area contributed by atoms with Gasteiger partial charge in [0, 0.05) is 17.8 Å². The van der Waals surface area contributed by atoms with E-state index in [4.69, 9.17) is 5.73 Å². The number of aryl methyl sites for hydroxylation is 1. The van der Waals surface area contributed by atoms with Crippen molar-refractivity contribution in [1.29, 1.82) is 0 Å². The molecule has 0 saturated heterocycles. The molecule has 0 fully saturated rings. The maximum atomic E-state index is 13.5. The van der Waals surface area contributed by atoms with Crippen molar-refractivity contribution in [3.05, 3.63) is 53.3 Å². The second-order valence-corrected chi connectivity index (χ2v) is 6.06. The molecule has 21 heavy (non-hydrogen) atoms. The number of nitrogen functional groups attached to an aromatic ring is 1. The maximum Gasteiger partial charge on any atom is 0.262 e. The average Bonchev–Trinajstić information content (AvgIpc) is 2.38. The highest BCUT2D eigenvalue weighted by Gasteiger charge is 2.19. The lowest BCUT2D eigenvalue weighted by molar-refractivity contribution is 0.498. The molecule has 8 heteroatoms. The molecule has 3 N–H and O–H groups in total. The summed E-state index contributed by atoms with van der Waals surface area (Å²) < 4.78 is 65.5. The minimum atomic E-state index is -4.21. The zero-order chi connectivity index (χ0) is 15.8. The first-order valence-electron chi connectivity index (χ1n) is 5.74. The Kier molecular flexibility index (Phi) is 3.82. The van der Waals surface area contributed by atoms with Crippen LogP contribution >= 0.6 is 0 Å². The predicted octanol–water partition coefficient (Wildman–Crippen LogP) is 2.80. The van der Waals surface area contributed by atoms with E-state index in [0.29, 0.717) is 17.7 Å². The van der Waals surface area contributed by atoms with E-state index in [-0.39, 0.29) is 10.6 Å². The van der Waals surface area contributed by atoms with Gasteiger partial charge in [0.2, 0.25) is 0 Å². The molecule has 0 aromatic heterocycles. The summed E-state index contributed by atoms with van der Waals surface area (Å²) in [6.07, 6.45) is 0. The van der Waals surface area contributed by atoms with Crippen molar-refractivity contribution < 1.29 is 21.6 Å². The van der Waals surface area contributed by atoms with Gasteiger partial charge in [-0.25, -0.2) is 21.6 Å². The van der Waals surface area contributed by atoms with Gasteiger partial charge in [0.15, 0.2) is 11.6 Å². The third-order valence-electron chi connectivity index (χ3n) is 2.80. The van der Waals surface area contributed by atoms with E-state index in [2.05, 4.69) is 0 Å². The minimum absolute atomic E-state index is 0.226. The molecule has 2 aromatic rings. The molecule has 0 spiro atoms. The van der Waals surface area contributed by atoms with E-state index < -0.39 is 33.2 Å². The Morgan fingerprint density at radius 1 is 1.10 bits per heavy atom. The molecule has 4 nitrogen and oxygen atoms in total. The summed E-state index contributed by atoms with van der Waals surface area (Å²) in [7, 11) is -4.21. The Hall–Kier alpha value is -2.22. The van der Waals surface area contributed by atoms with Gasteiger partial charge in [0.1, 0.15) is 5.82 Å². The number of hydrogen-bond donors (Lipinski definition) is 2. The Morgan fingerprint density at radius 2 is 1.76 bits per heavy atom. The van der Waals surface area contributed by atoms with Crippen LogP contribution in [0.1, 0.15) is 5.56 Å². The lowest BCUT2D eigenvalue weighted by Gasteiger charge is -2.10. The van der Waals surface area contributed by atoms with Crippen molar-refractivity contribution in [3.63, 3.8) is 0 Å². The second kappa shape index (κ2) is 5.28. The van der Waals surface area contributed by atoms with Crippen molar-refractivity contribution in [3.8, 4) is 0 Å². The SMILES string of the molecule is Cc1ccc(S(=O)(=O)Nc2cc(F)cc(F)c2F)cc1N. The number of halogens is 3. The third kappa shape index (κ3) is 3.10. The maximum absolute atomic E-state index is 13.5. The summed E-state index contributed by atoms with van der Waals surface area (Å²) in [5.74, 6) is -4.08. The average molecular weight is 316 g/mol. The zero-order valence-electron chi connectivity index (χ0n) is 10.8. The van der Waals surface area contributed by atoms with Crippen LogP contribution in [-0.2, 0) is 10.0 Å². The number of sulfonamides is 1. The van der Waals surface area contributed by atoms with Crippen LogP contribution < -0.4 is 10.5 Å². The summed E-state index contributed by atoms with van der Waals surface area (Å²) in [5, 5.41) is 0. The van der Waals surface area contributed by atoms with Gasteiger partial charge in [0.25, 0.3) is 10.0 Å². The number of benzene rings is 2. The number of nitrogens with one attached hydrogen (secondary N) is 1. The highest BCUT2D eigenvalue weighted by atomic mass is 32.2. The topological polar surface area (TPSA) is 72.2 Å². The molecule has 2 rings (SSSR count). The van der Waals surface area contributed by atoms with Crippen LogP contribution in [-0.4, -0.2) is 8.42 Å². The lowest BCUT2D eigenvalue weighted by atomic mass is 10.2. The molecule has 0 unspecified atom stereocenters. The second-order valence-electron chi connectivity index (χ2n) is 4.37. The fraction of sp³-hybridized carbons (Fsp3) is 0.0769. The van der Waals surface area contributed by atoms with E-state index in [9.17, 15) is 21.6 Å². The molecule has 0 aliphatic rings. The number of anilines is 2. The van der Waals surface area contributed by atoms with Crippen molar-refractivity contribution in [2.45, 2.75) is 11.8 Å². The van der Waals surface area contributed by atoms with Crippen LogP contribution in [0.4, 0.5) is 24.5 Å². The van der Waals surface area contributed by atoms with Gasteiger partial charge in [-0.3, -0.25) is 4.72 Å². The van der Waals surface area contributed by atoms with E-state index >= 15 is 0 Å². The standard InChI is InChI=1S/C13H11F3N2O2S/c1-7-2-3-9(6-11(7)17)21(19,20)18-12-5-8(14)4-10(15)13(12)16/h2-6,18H,17H2,1H3. The molecule has 0 saturated carbocycles. The fourth-order valence-corrected chi connectivity index (χ4v) is 2.70. The predicted molar refractivity (Wildman–Crippen MR) is 72.7 cm³/mol. The van der Waals surface area contributed by atoms with Crippen LogP contribution in [0.25, 0.3) is 0 Å². The summed E-state index contributed by atoms with van der Waals surface area (Å²) in [4.78, 5) is -0.241. The monoisotopic (exact) mass is 316 g/mol. The largest absolute Gasteiger partial charge is 0.398 e. The molecule has 0 atom stereocenters. The van der Waals surface area contributed by atoms with E-state index in [0.717, 1.165) is 0 Å². The van der Waals surface area contributed by atoms with Gasteiger partial charge in [0.05, 0.1) is 10.6 Å². The fourth-order valence-electron chi connectivity index (χ4n) is 1.62. The first kappa shape index (κ1) is 15.2. The van der Waals surface area contributed by atoms with Crippen molar-refractivity contribution >= 4 is 21.4 Å². The van der Waals surface area contributed by atoms with Gasteiger partial charge < -0.3 is 5.73 Å². The quantitative estimate of drug-likeness (QED) is 0.675. The molecular formula is C13H11F3N2O2S.